The number of carbonyl (C=O) groups excluding carboxylic acids is 2. The van der Waals surface area contributed by atoms with Crippen LogP contribution in [0.3, 0.4) is 0 Å². The Balaban J connectivity index is 2.03. The number of rotatable bonds is 13. The number of aliphatic hydroxyl groups excluding tert-OH is 1. The van der Waals surface area contributed by atoms with Gasteiger partial charge in [0.25, 0.3) is 5.91 Å². The first kappa shape index (κ1) is 22.7. The van der Waals surface area contributed by atoms with Gasteiger partial charge in [-0.05, 0) is 18.3 Å². The molecule has 1 amide bonds. The number of likely N-dealkylation sites (N-methyl/N-ethyl adjacent to an activating group) is 1. The van der Waals surface area contributed by atoms with E-state index in [1.165, 1.54) is 49.8 Å². The van der Waals surface area contributed by atoms with Crippen LogP contribution < -0.4 is 0 Å². The number of ketones is 1. The summed E-state index contributed by atoms with van der Waals surface area (Å²) in [6.07, 6.45) is 12.7. The fourth-order valence-electron chi connectivity index (χ4n) is 3.52. The first-order valence-corrected chi connectivity index (χ1v) is 10.5. The van der Waals surface area contributed by atoms with Gasteiger partial charge in [-0.25, -0.2) is 0 Å². The zero-order chi connectivity index (χ0) is 19.5. The maximum Gasteiger partial charge on any atom is 0.261 e. The van der Waals surface area contributed by atoms with E-state index in [1.54, 1.807) is 7.05 Å². The van der Waals surface area contributed by atoms with Gasteiger partial charge < -0.3 is 10.0 Å². The molecule has 4 nitrogen and oxygen atoms in total. The van der Waals surface area contributed by atoms with Crippen molar-refractivity contribution in [1.82, 2.24) is 4.90 Å². The monoisotopic (exact) mass is 365 g/mol. The Labute approximate surface area is 160 Å². The lowest BCUT2D eigenvalue weighted by Gasteiger charge is -2.12. The van der Waals surface area contributed by atoms with Gasteiger partial charge in [0, 0.05) is 13.5 Å². The quantitative estimate of drug-likeness (QED) is 0.205. The summed E-state index contributed by atoms with van der Waals surface area (Å²) in [7, 11) is 1.59. The van der Waals surface area contributed by atoms with Gasteiger partial charge in [0.15, 0.2) is 5.78 Å². The van der Waals surface area contributed by atoms with E-state index in [0.29, 0.717) is 6.42 Å². The third-order valence-corrected chi connectivity index (χ3v) is 5.36. The molecule has 1 heterocycles. The second-order valence-corrected chi connectivity index (χ2v) is 8.50. The highest BCUT2D eigenvalue weighted by molar-refractivity contribution is 6.25. The van der Waals surface area contributed by atoms with Gasteiger partial charge in [0.1, 0.15) is 11.3 Å². The second-order valence-electron chi connectivity index (χ2n) is 8.50. The van der Waals surface area contributed by atoms with Crippen LogP contribution in [-0.2, 0) is 9.59 Å². The number of unbranched alkanes of at least 4 members (excludes halogenated alkanes) is 6. The molecule has 0 bridgehead atoms. The van der Waals surface area contributed by atoms with Crippen molar-refractivity contribution in [3.63, 3.8) is 0 Å². The number of nitrogens with zero attached hydrogens (tertiary/aromatic N) is 1. The minimum Gasteiger partial charge on any atom is -0.511 e. The molecule has 1 unspecified atom stereocenters. The van der Waals surface area contributed by atoms with Crippen molar-refractivity contribution in [2.24, 2.45) is 11.8 Å². The maximum absolute atomic E-state index is 11.8. The number of hydrogen-bond donors (Lipinski definition) is 1. The highest BCUT2D eigenvalue weighted by Gasteiger charge is 2.33. The van der Waals surface area contributed by atoms with Crippen molar-refractivity contribution >= 4 is 11.7 Å². The Hall–Kier alpha value is -1.32. The van der Waals surface area contributed by atoms with Gasteiger partial charge in [0.05, 0.1) is 6.54 Å². The molecule has 1 fully saturated rings. The van der Waals surface area contributed by atoms with Crippen LogP contribution in [0.25, 0.3) is 0 Å². The molecule has 0 aliphatic carbocycles. The minimum atomic E-state index is -0.338. The smallest absolute Gasteiger partial charge is 0.261 e. The number of carbonyl (C=O) groups is 2. The summed E-state index contributed by atoms with van der Waals surface area (Å²) in [6, 6.07) is 0. The lowest BCUT2D eigenvalue weighted by Crippen LogP contribution is -2.19. The van der Waals surface area contributed by atoms with Crippen molar-refractivity contribution < 1.29 is 14.7 Å². The van der Waals surface area contributed by atoms with E-state index in [1.807, 2.05) is 0 Å². The number of allylic oxidation sites excluding steroid dienone is 1. The Morgan fingerprint density at radius 3 is 2.04 bits per heavy atom. The summed E-state index contributed by atoms with van der Waals surface area (Å²) in [5.74, 6) is 1.07. The molecule has 150 valence electrons. The minimum absolute atomic E-state index is 0.0130. The standard InChI is InChI=1S/C22H39NO3/c1-17(2)14-15-18(3)12-10-8-6-5-7-9-11-13-19(24)21-20(25)16-23(4)22(21)26/h17-18,24H,5-16H2,1-4H3/b21-19-. The molecule has 1 saturated heterocycles. The van der Waals surface area contributed by atoms with E-state index < -0.39 is 0 Å². The zero-order valence-electron chi connectivity index (χ0n) is 17.4. The summed E-state index contributed by atoms with van der Waals surface area (Å²) in [6.45, 7) is 7.06. The van der Waals surface area contributed by atoms with E-state index in [0.717, 1.165) is 31.1 Å². The van der Waals surface area contributed by atoms with Crippen LogP contribution in [0.5, 0.6) is 0 Å². The number of amides is 1. The Morgan fingerprint density at radius 2 is 1.50 bits per heavy atom. The summed E-state index contributed by atoms with van der Waals surface area (Å²) in [5.41, 5.74) is 0.0130. The highest BCUT2D eigenvalue weighted by atomic mass is 16.3. The SMILES string of the molecule is CC(C)CCC(C)CCCCCCCCC/C(O)=C1\C(=O)CN(C)C1=O. The van der Waals surface area contributed by atoms with Crippen LogP contribution in [0.4, 0.5) is 0 Å². The zero-order valence-corrected chi connectivity index (χ0v) is 17.4. The van der Waals surface area contributed by atoms with Crippen LogP contribution in [0.15, 0.2) is 11.3 Å². The van der Waals surface area contributed by atoms with Crippen LogP contribution in [-0.4, -0.2) is 35.3 Å². The lowest BCUT2D eigenvalue weighted by molar-refractivity contribution is -0.123. The molecule has 4 heteroatoms. The first-order valence-electron chi connectivity index (χ1n) is 10.5. The van der Waals surface area contributed by atoms with Crippen molar-refractivity contribution in [1.29, 1.82) is 0 Å². The lowest BCUT2D eigenvalue weighted by atomic mass is 9.94. The predicted octanol–water partition coefficient (Wildman–Crippen LogP) is 5.42. The summed E-state index contributed by atoms with van der Waals surface area (Å²) >= 11 is 0. The molecule has 1 aliphatic heterocycles. The van der Waals surface area contributed by atoms with Crippen molar-refractivity contribution in [2.45, 2.75) is 91.4 Å². The second kappa shape index (κ2) is 12.1. The fourth-order valence-corrected chi connectivity index (χ4v) is 3.52. The number of Topliss-reactive ketones (excluding diaryl/α,β-unsaturated/α-hetero) is 1. The van der Waals surface area contributed by atoms with Gasteiger partial charge in [-0.3, -0.25) is 9.59 Å². The Bertz CT molecular complexity index is 482. The van der Waals surface area contributed by atoms with E-state index in [-0.39, 0.29) is 29.6 Å². The Morgan fingerprint density at radius 1 is 0.923 bits per heavy atom. The Kier molecular flexibility index (Phi) is 10.6. The molecule has 1 N–H and O–H groups in total. The van der Waals surface area contributed by atoms with Crippen LogP contribution in [0, 0.1) is 11.8 Å². The van der Waals surface area contributed by atoms with Crippen LogP contribution in [0.2, 0.25) is 0 Å². The molecule has 0 spiro atoms. The number of likely N-dealkylation sites (tertiary alicyclic amines) is 1. The van der Waals surface area contributed by atoms with Crippen molar-refractivity contribution in [3.8, 4) is 0 Å². The molecular formula is C22H39NO3. The molecule has 0 radical (unpaired) electrons. The average Bonchev–Trinajstić information content (AvgIpc) is 2.83. The van der Waals surface area contributed by atoms with E-state index in [9.17, 15) is 14.7 Å². The summed E-state index contributed by atoms with van der Waals surface area (Å²) in [4.78, 5) is 24.9. The normalized spacial score (nSPS) is 18.1. The molecular weight excluding hydrogens is 326 g/mol. The molecule has 0 aromatic carbocycles. The van der Waals surface area contributed by atoms with Crippen molar-refractivity contribution in [2.75, 3.05) is 13.6 Å². The van der Waals surface area contributed by atoms with Gasteiger partial charge in [0.2, 0.25) is 0 Å². The van der Waals surface area contributed by atoms with Gasteiger partial charge in [-0.1, -0.05) is 78.6 Å². The third kappa shape index (κ3) is 8.37. The highest BCUT2D eigenvalue weighted by Crippen LogP contribution is 2.21. The molecule has 0 saturated carbocycles. The largest absolute Gasteiger partial charge is 0.511 e. The average molecular weight is 366 g/mol. The summed E-state index contributed by atoms with van der Waals surface area (Å²) in [5, 5.41) is 10.0. The molecule has 0 aromatic heterocycles. The third-order valence-electron chi connectivity index (χ3n) is 5.36. The molecule has 1 atom stereocenters. The van der Waals surface area contributed by atoms with Crippen LogP contribution >= 0.6 is 0 Å². The van der Waals surface area contributed by atoms with E-state index in [4.69, 9.17) is 0 Å². The molecule has 1 rings (SSSR count). The van der Waals surface area contributed by atoms with Crippen LogP contribution in [0.1, 0.15) is 91.4 Å². The fraction of sp³-hybridized carbons (Fsp3) is 0.818. The van der Waals surface area contributed by atoms with Gasteiger partial charge in [-0.15, -0.1) is 0 Å². The number of aliphatic hydroxyl groups is 1. The molecule has 1 aliphatic rings. The van der Waals surface area contributed by atoms with E-state index >= 15 is 0 Å². The maximum atomic E-state index is 11.8. The van der Waals surface area contributed by atoms with Gasteiger partial charge >= 0.3 is 0 Å². The van der Waals surface area contributed by atoms with Gasteiger partial charge in [-0.2, -0.15) is 0 Å². The molecule has 0 aromatic rings. The summed E-state index contributed by atoms with van der Waals surface area (Å²) < 4.78 is 0. The number of hydrogen-bond acceptors (Lipinski definition) is 3. The predicted molar refractivity (Wildman–Crippen MR) is 107 cm³/mol. The topological polar surface area (TPSA) is 57.6 Å². The van der Waals surface area contributed by atoms with E-state index in [2.05, 4.69) is 20.8 Å². The molecule has 26 heavy (non-hydrogen) atoms. The first-order chi connectivity index (χ1) is 12.3. The van der Waals surface area contributed by atoms with Crippen molar-refractivity contribution in [3.05, 3.63) is 11.3 Å².